The Hall–Kier alpha value is -1.43. The Labute approximate surface area is 122 Å². The number of hydrogen-bond acceptors (Lipinski definition) is 4. The van der Waals surface area contributed by atoms with Crippen LogP contribution in [-0.4, -0.2) is 23.6 Å². The first kappa shape index (κ1) is 15.0. The van der Waals surface area contributed by atoms with Gasteiger partial charge in [0.15, 0.2) is 0 Å². The van der Waals surface area contributed by atoms with Crippen molar-refractivity contribution in [1.29, 1.82) is 0 Å². The van der Waals surface area contributed by atoms with Crippen LogP contribution in [0.3, 0.4) is 0 Å². The first-order chi connectivity index (χ1) is 9.56. The number of nitrogens with one attached hydrogen (secondary N) is 1. The molecule has 0 fully saturated rings. The molecule has 0 aliphatic carbocycles. The highest BCUT2D eigenvalue weighted by molar-refractivity contribution is 7.19. The maximum absolute atomic E-state index is 11.6. The Morgan fingerprint density at radius 1 is 1.45 bits per heavy atom. The lowest BCUT2D eigenvalue weighted by Crippen LogP contribution is -2.29. The van der Waals surface area contributed by atoms with Gasteiger partial charge in [-0.1, -0.05) is 18.2 Å². The van der Waals surface area contributed by atoms with Crippen molar-refractivity contribution in [2.24, 2.45) is 5.73 Å². The molecular formula is C15H20N2O2S. The van der Waals surface area contributed by atoms with Gasteiger partial charge in [0.25, 0.3) is 0 Å². The van der Waals surface area contributed by atoms with E-state index < -0.39 is 6.10 Å². The van der Waals surface area contributed by atoms with Crippen molar-refractivity contribution in [2.75, 3.05) is 6.54 Å². The molecule has 2 atom stereocenters. The Morgan fingerprint density at radius 3 is 2.90 bits per heavy atom. The number of aliphatic hydroxyl groups is 1. The molecule has 5 heteroatoms. The second-order valence-corrected chi connectivity index (χ2v) is 6.14. The summed E-state index contributed by atoms with van der Waals surface area (Å²) in [6, 6.07) is 9.99. The zero-order valence-electron chi connectivity index (χ0n) is 11.5. The van der Waals surface area contributed by atoms with Gasteiger partial charge in [0.1, 0.15) is 6.10 Å². The number of carbonyl (C=O) groups excluding carboxylic acids is 1. The Morgan fingerprint density at radius 2 is 2.20 bits per heavy atom. The molecule has 4 nitrogen and oxygen atoms in total. The maximum atomic E-state index is 11.6. The SMILES string of the molecule is CC(N)CCC(=O)NCC(O)c1cc2ccccc2s1. The second-order valence-electron chi connectivity index (χ2n) is 5.02. The van der Waals surface area contributed by atoms with Gasteiger partial charge in [-0.05, 0) is 30.9 Å². The standard InChI is InChI=1S/C15H20N2O2S/c1-10(16)6-7-15(19)17-9-12(18)14-8-11-4-2-3-5-13(11)20-14/h2-5,8,10,12,18H,6-7,9,16H2,1H3,(H,17,19). The lowest BCUT2D eigenvalue weighted by atomic mass is 10.2. The van der Waals surface area contributed by atoms with Crippen LogP contribution in [0.2, 0.25) is 0 Å². The molecule has 0 bridgehead atoms. The smallest absolute Gasteiger partial charge is 0.220 e. The molecular weight excluding hydrogens is 272 g/mol. The van der Waals surface area contributed by atoms with E-state index in [9.17, 15) is 9.90 Å². The third-order valence-electron chi connectivity index (χ3n) is 3.09. The van der Waals surface area contributed by atoms with E-state index in [0.717, 1.165) is 15.0 Å². The Kier molecular flexibility index (Phi) is 5.11. The topological polar surface area (TPSA) is 75.4 Å². The third kappa shape index (κ3) is 4.03. The molecule has 0 spiro atoms. The number of fused-ring (bicyclic) bond motifs is 1. The van der Waals surface area contributed by atoms with Crippen LogP contribution in [0.5, 0.6) is 0 Å². The second kappa shape index (κ2) is 6.83. The molecule has 0 radical (unpaired) electrons. The minimum atomic E-state index is -0.661. The highest BCUT2D eigenvalue weighted by Crippen LogP contribution is 2.29. The molecule has 1 aromatic heterocycles. The highest BCUT2D eigenvalue weighted by atomic mass is 32.1. The molecule has 2 aromatic rings. The maximum Gasteiger partial charge on any atom is 0.220 e. The van der Waals surface area contributed by atoms with E-state index in [1.54, 1.807) is 11.3 Å². The number of thiophene rings is 1. The normalized spacial score (nSPS) is 14.2. The summed E-state index contributed by atoms with van der Waals surface area (Å²) in [6.07, 6.45) is 0.397. The van der Waals surface area contributed by atoms with Crippen molar-refractivity contribution in [3.05, 3.63) is 35.2 Å². The van der Waals surface area contributed by atoms with Crippen LogP contribution < -0.4 is 11.1 Å². The highest BCUT2D eigenvalue weighted by Gasteiger charge is 2.12. The summed E-state index contributed by atoms with van der Waals surface area (Å²) in [5, 5.41) is 14.0. The van der Waals surface area contributed by atoms with Crippen LogP contribution in [0.4, 0.5) is 0 Å². The number of nitrogens with two attached hydrogens (primary N) is 1. The fourth-order valence-corrected chi connectivity index (χ4v) is 2.98. The Balaban J connectivity index is 1.88. The molecule has 1 heterocycles. The van der Waals surface area contributed by atoms with Gasteiger partial charge in [0.2, 0.25) is 5.91 Å². The predicted octanol–water partition coefficient (Wildman–Crippen LogP) is 2.18. The van der Waals surface area contributed by atoms with E-state index in [-0.39, 0.29) is 18.5 Å². The molecule has 0 saturated carbocycles. The summed E-state index contributed by atoms with van der Waals surface area (Å²) in [7, 11) is 0. The minimum absolute atomic E-state index is 0.0215. The average Bonchev–Trinajstić information content (AvgIpc) is 2.86. The number of rotatable bonds is 6. The van der Waals surface area contributed by atoms with E-state index in [2.05, 4.69) is 5.32 Å². The number of benzene rings is 1. The molecule has 0 aliphatic rings. The molecule has 4 N–H and O–H groups in total. The van der Waals surface area contributed by atoms with Crippen LogP contribution in [0.1, 0.15) is 30.7 Å². The van der Waals surface area contributed by atoms with Crippen molar-refractivity contribution >= 4 is 27.3 Å². The lowest BCUT2D eigenvalue weighted by molar-refractivity contribution is -0.121. The summed E-state index contributed by atoms with van der Waals surface area (Å²) >= 11 is 1.55. The third-order valence-corrected chi connectivity index (χ3v) is 4.31. The largest absolute Gasteiger partial charge is 0.386 e. The molecule has 0 saturated heterocycles. The first-order valence-electron chi connectivity index (χ1n) is 6.75. The summed E-state index contributed by atoms with van der Waals surface area (Å²) in [4.78, 5) is 12.5. The van der Waals surface area contributed by atoms with Crippen LogP contribution >= 0.6 is 11.3 Å². The number of carbonyl (C=O) groups is 1. The summed E-state index contributed by atoms with van der Waals surface area (Å²) in [6.45, 7) is 2.12. The van der Waals surface area contributed by atoms with Gasteiger partial charge < -0.3 is 16.2 Å². The fraction of sp³-hybridized carbons (Fsp3) is 0.400. The van der Waals surface area contributed by atoms with Gasteiger partial charge in [0, 0.05) is 28.6 Å². The monoisotopic (exact) mass is 292 g/mol. The molecule has 1 amide bonds. The van der Waals surface area contributed by atoms with Crippen molar-refractivity contribution < 1.29 is 9.90 Å². The number of hydrogen-bond donors (Lipinski definition) is 3. The van der Waals surface area contributed by atoms with Crippen LogP contribution in [-0.2, 0) is 4.79 Å². The van der Waals surface area contributed by atoms with E-state index in [1.807, 2.05) is 37.3 Å². The minimum Gasteiger partial charge on any atom is -0.386 e. The van der Waals surface area contributed by atoms with Crippen molar-refractivity contribution in [3.8, 4) is 0 Å². The zero-order chi connectivity index (χ0) is 14.5. The summed E-state index contributed by atoms with van der Waals surface area (Å²) in [5.74, 6) is -0.0672. The average molecular weight is 292 g/mol. The van der Waals surface area contributed by atoms with E-state index in [1.165, 1.54) is 0 Å². The first-order valence-corrected chi connectivity index (χ1v) is 7.56. The fourth-order valence-electron chi connectivity index (χ4n) is 1.92. The summed E-state index contributed by atoms with van der Waals surface area (Å²) in [5.41, 5.74) is 5.60. The zero-order valence-corrected chi connectivity index (χ0v) is 12.3. The van der Waals surface area contributed by atoms with Crippen molar-refractivity contribution in [1.82, 2.24) is 5.32 Å². The van der Waals surface area contributed by atoms with Gasteiger partial charge in [-0.2, -0.15) is 0 Å². The van der Waals surface area contributed by atoms with E-state index in [4.69, 9.17) is 5.73 Å². The molecule has 2 rings (SSSR count). The van der Waals surface area contributed by atoms with Crippen molar-refractivity contribution in [3.63, 3.8) is 0 Å². The van der Waals surface area contributed by atoms with Gasteiger partial charge in [-0.15, -0.1) is 11.3 Å². The van der Waals surface area contributed by atoms with Crippen LogP contribution in [0, 0.1) is 0 Å². The number of amides is 1. The Bertz CT molecular complexity index is 547. The molecule has 0 aliphatic heterocycles. The molecule has 20 heavy (non-hydrogen) atoms. The lowest BCUT2D eigenvalue weighted by Gasteiger charge is -2.10. The van der Waals surface area contributed by atoms with Gasteiger partial charge in [0.05, 0.1) is 0 Å². The molecule has 2 unspecified atom stereocenters. The van der Waals surface area contributed by atoms with Gasteiger partial charge >= 0.3 is 0 Å². The van der Waals surface area contributed by atoms with E-state index in [0.29, 0.717) is 12.8 Å². The molecule has 1 aromatic carbocycles. The predicted molar refractivity (Wildman–Crippen MR) is 82.7 cm³/mol. The van der Waals surface area contributed by atoms with Crippen LogP contribution in [0.15, 0.2) is 30.3 Å². The van der Waals surface area contributed by atoms with Crippen molar-refractivity contribution in [2.45, 2.75) is 31.9 Å². The van der Waals surface area contributed by atoms with Gasteiger partial charge in [-0.3, -0.25) is 4.79 Å². The number of aliphatic hydroxyl groups excluding tert-OH is 1. The van der Waals surface area contributed by atoms with Crippen LogP contribution in [0.25, 0.3) is 10.1 Å². The van der Waals surface area contributed by atoms with Gasteiger partial charge in [-0.25, -0.2) is 0 Å². The summed E-state index contributed by atoms with van der Waals surface area (Å²) < 4.78 is 1.14. The quantitative estimate of drug-likeness (QED) is 0.764. The van der Waals surface area contributed by atoms with E-state index >= 15 is 0 Å². The molecule has 108 valence electrons.